The number of amides is 3. The molecule has 48 heavy (non-hydrogen) atoms. The summed E-state index contributed by atoms with van der Waals surface area (Å²) in [5.41, 5.74) is 0.915. The lowest BCUT2D eigenvalue weighted by molar-refractivity contribution is -0.137. The average Bonchev–Trinajstić information content (AvgIpc) is 3.07. The highest BCUT2D eigenvalue weighted by molar-refractivity contribution is 5.91. The Kier molecular flexibility index (Phi) is 16.9. The fourth-order valence-electron chi connectivity index (χ4n) is 6.87. The van der Waals surface area contributed by atoms with Crippen molar-refractivity contribution in [3.63, 3.8) is 0 Å². The van der Waals surface area contributed by atoms with Gasteiger partial charge >= 0.3 is 0 Å². The Hall–Kier alpha value is -2.97. The number of terminal acetylenes is 1. The number of hydrogen-bond donors (Lipinski definition) is 4. The lowest BCUT2D eigenvalue weighted by Gasteiger charge is -2.34. The van der Waals surface area contributed by atoms with Gasteiger partial charge in [0.15, 0.2) is 0 Å². The molecule has 10 heteroatoms. The molecule has 0 unspecified atom stereocenters. The number of likely N-dealkylation sites (N-methyl/N-ethyl adjacent to an activating group) is 2. The molecule has 1 heterocycles. The molecule has 268 valence electrons. The van der Waals surface area contributed by atoms with Gasteiger partial charge in [-0.2, -0.15) is 0 Å². The molecule has 2 fully saturated rings. The Morgan fingerprint density at radius 2 is 1.67 bits per heavy atom. The maximum Gasteiger partial charge on any atom is 0.243 e. The smallest absolute Gasteiger partial charge is 0.243 e. The zero-order valence-electron chi connectivity index (χ0n) is 29.8. The van der Waals surface area contributed by atoms with Crippen molar-refractivity contribution in [1.82, 2.24) is 25.3 Å². The van der Waals surface area contributed by atoms with Crippen molar-refractivity contribution in [3.05, 3.63) is 35.9 Å². The van der Waals surface area contributed by atoms with Gasteiger partial charge in [-0.1, -0.05) is 76.3 Å². The van der Waals surface area contributed by atoms with Gasteiger partial charge in [0.1, 0.15) is 12.1 Å². The summed E-state index contributed by atoms with van der Waals surface area (Å²) in [6.45, 7) is 9.23. The third kappa shape index (κ3) is 13.5. The van der Waals surface area contributed by atoms with Crippen LogP contribution in [0.1, 0.15) is 77.2 Å². The van der Waals surface area contributed by atoms with Crippen LogP contribution in [0.25, 0.3) is 0 Å². The zero-order chi connectivity index (χ0) is 35.1. The van der Waals surface area contributed by atoms with Gasteiger partial charge in [0.05, 0.1) is 18.1 Å². The molecule has 0 radical (unpaired) electrons. The summed E-state index contributed by atoms with van der Waals surface area (Å²) >= 11 is 0. The third-order valence-electron chi connectivity index (χ3n) is 10.0. The van der Waals surface area contributed by atoms with Crippen molar-refractivity contribution in [2.24, 2.45) is 17.8 Å². The molecule has 1 aromatic rings. The molecule has 10 nitrogen and oxygen atoms in total. The first-order valence-corrected chi connectivity index (χ1v) is 18.1. The van der Waals surface area contributed by atoms with Gasteiger partial charge in [0, 0.05) is 59.2 Å². The van der Waals surface area contributed by atoms with E-state index in [1.165, 1.54) is 6.42 Å². The number of carbonyl (C=O) groups excluding carboxylic acids is 3. The number of aliphatic hydroxyl groups excluding tert-OH is 2. The summed E-state index contributed by atoms with van der Waals surface area (Å²) in [7, 11) is 3.89. The van der Waals surface area contributed by atoms with Gasteiger partial charge in [-0.05, 0) is 43.7 Å². The Labute approximate surface area is 289 Å². The minimum absolute atomic E-state index is 0.00519. The van der Waals surface area contributed by atoms with E-state index in [0.717, 1.165) is 64.0 Å². The van der Waals surface area contributed by atoms with Crippen LogP contribution in [0.5, 0.6) is 0 Å². The summed E-state index contributed by atoms with van der Waals surface area (Å²) in [6.07, 6.45) is 10.2. The number of hydrogen-bond acceptors (Lipinski definition) is 7. The van der Waals surface area contributed by atoms with E-state index in [9.17, 15) is 24.6 Å². The van der Waals surface area contributed by atoms with E-state index in [-0.39, 0.29) is 24.7 Å². The maximum absolute atomic E-state index is 13.9. The number of nitrogens with zero attached hydrogens (tertiary/aromatic N) is 3. The summed E-state index contributed by atoms with van der Waals surface area (Å²) < 4.78 is 0. The van der Waals surface area contributed by atoms with Crippen LogP contribution in [0.3, 0.4) is 0 Å². The highest BCUT2D eigenvalue weighted by atomic mass is 16.3. The van der Waals surface area contributed by atoms with Crippen molar-refractivity contribution in [2.75, 3.05) is 53.4 Å². The van der Waals surface area contributed by atoms with E-state index in [4.69, 9.17) is 6.42 Å². The predicted octanol–water partition coefficient (Wildman–Crippen LogP) is 2.67. The second-order valence-electron chi connectivity index (χ2n) is 14.6. The molecule has 0 spiro atoms. The first-order chi connectivity index (χ1) is 23.0. The van der Waals surface area contributed by atoms with E-state index in [2.05, 4.69) is 33.4 Å². The summed E-state index contributed by atoms with van der Waals surface area (Å²) in [5, 5.41) is 27.8. The van der Waals surface area contributed by atoms with Crippen LogP contribution < -0.4 is 10.6 Å². The molecule has 0 aromatic heterocycles. The molecule has 1 aliphatic heterocycles. The van der Waals surface area contributed by atoms with Crippen LogP contribution in [0.4, 0.5) is 0 Å². The highest BCUT2D eigenvalue weighted by Gasteiger charge is 2.34. The van der Waals surface area contributed by atoms with Crippen LogP contribution >= 0.6 is 0 Å². The number of aliphatic hydroxyl groups is 2. The van der Waals surface area contributed by atoms with E-state index in [1.807, 2.05) is 44.2 Å². The predicted molar refractivity (Wildman–Crippen MR) is 190 cm³/mol. The normalized spacial score (nSPS) is 19.5. The minimum atomic E-state index is -1.15. The van der Waals surface area contributed by atoms with Gasteiger partial charge in [-0.3, -0.25) is 19.3 Å². The lowest BCUT2D eigenvalue weighted by Crippen LogP contribution is -2.56. The Morgan fingerprint density at radius 3 is 2.29 bits per heavy atom. The molecule has 2 aliphatic rings. The van der Waals surface area contributed by atoms with Crippen LogP contribution in [0.2, 0.25) is 0 Å². The lowest BCUT2D eigenvalue weighted by atomic mass is 9.82. The number of benzene rings is 1. The van der Waals surface area contributed by atoms with Crippen molar-refractivity contribution < 1.29 is 24.6 Å². The molecular formula is C38H61N5O5. The van der Waals surface area contributed by atoms with Gasteiger partial charge in [-0.25, -0.2) is 0 Å². The Balaban J connectivity index is 1.70. The molecule has 4 N–H and O–H groups in total. The van der Waals surface area contributed by atoms with Crippen molar-refractivity contribution in [3.8, 4) is 12.3 Å². The molecular weight excluding hydrogens is 606 g/mol. The monoisotopic (exact) mass is 667 g/mol. The highest BCUT2D eigenvalue weighted by Crippen LogP contribution is 2.29. The first kappa shape index (κ1) is 39.5. The second kappa shape index (κ2) is 20.5. The molecule has 1 aliphatic carbocycles. The maximum atomic E-state index is 13.9. The van der Waals surface area contributed by atoms with Crippen molar-refractivity contribution >= 4 is 17.7 Å². The molecule has 1 saturated carbocycles. The van der Waals surface area contributed by atoms with E-state index in [0.29, 0.717) is 31.7 Å². The van der Waals surface area contributed by atoms with Crippen LogP contribution in [0, 0.1) is 30.1 Å². The SMILES string of the molecule is C#CC[C@H](NC(=O)[C@@H](CC(=O)N(C)CCN1CCN(C)CC1)Cc1ccccc1)C(=O)N[C@@H](CC1CCCCC1)[C@@H](O)[C@@H](O)CC(C)C. The first-order valence-electron chi connectivity index (χ1n) is 18.1. The van der Waals surface area contributed by atoms with Crippen molar-refractivity contribution in [2.45, 2.75) is 102 Å². The molecule has 0 bridgehead atoms. The van der Waals surface area contributed by atoms with Crippen LogP contribution in [-0.2, 0) is 20.8 Å². The summed E-state index contributed by atoms with van der Waals surface area (Å²) in [4.78, 5) is 47.4. The Bertz CT molecular complexity index is 1160. The summed E-state index contributed by atoms with van der Waals surface area (Å²) in [5.74, 6) is 1.26. The van der Waals surface area contributed by atoms with Crippen molar-refractivity contribution in [1.29, 1.82) is 0 Å². The third-order valence-corrected chi connectivity index (χ3v) is 10.0. The molecule has 3 amide bonds. The minimum Gasteiger partial charge on any atom is -0.390 e. The summed E-state index contributed by atoms with van der Waals surface area (Å²) in [6, 6.07) is 7.82. The van der Waals surface area contributed by atoms with E-state index in [1.54, 1.807) is 11.9 Å². The quantitative estimate of drug-likeness (QED) is 0.178. The van der Waals surface area contributed by atoms with Crippen LogP contribution in [0.15, 0.2) is 30.3 Å². The zero-order valence-corrected chi connectivity index (χ0v) is 29.8. The van der Waals surface area contributed by atoms with Gasteiger partial charge in [-0.15, -0.1) is 12.3 Å². The number of rotatable bonds is 18. The topological polar surface area (TPSA) is 125 Å². The fourth-order valence-corrected chi connectivity index (χ4v) is 6.87. The Morgan fingerprint density at radius 1 is 1.00 bits per heavy atom. The molecule has 5 atom stereocenters. The van der Waals surface area contributed by atoms with E-state index >= 15 is 0 Å². The van der Waals surface area contributed by atoms with Crippen LogP contribution in [-0.4, -0.2) is 120 Å². The van der Waals surface area contributed by atoms with E-state index < -0.39 is 42.0 Å². The number of piperazine rings is 1. The number of carbonyl (C=O) groups is 3. The molecule has 3 rings (SSSR count). The fraction of sp³-hybridized carbons (Fsp3) is 0.711. The number of nitrogens with one attached hydrogen (secondary N) is 2. The second-order valence-corrected chi connectivity index (χ2v) is 14.6. The van der Waals surface area contributed by atoms with Gasteiger partial charge in [0.25, 0.3) is 0 Å². The van der Waals surface area contributed by atoms with Gasteiger partial charge in [0.2, 0.25) is 17.7 Å². The molecule has 1 saturated heterocycles. The van der Waals surface area contributed by atoms with Gasteiger partial charge < -0.3 is 30.6 Å². The largest absolute Gasteiger partial charge is 0.390 e. The standard InChI is InChI=1S/C38H61N5O5/c1-6-13-32(38(48)40-33(26-30-16-11-8-12-17-30)36(46)34(44)24-28(2)3)39-37(47)31(25-29-14-9-7-10-15-29)27-35(45)42(5)20-23-43-21-18-41(4)19-22-43/h1,7,9-10,14-15,28,30-34,36,44,46H,8,11-13,16-27H2,2-5H3,(H,39,47)(H,40,48)/t31-,32+,33+,34+,36-/m1/s1. The average molecular weight is 668 g/mol. The molecule has 1 aromatic carbocycles.